The Morgan fingerprint density at radius 3 is 2.62 bits per heavy atom. The second-order valence-electron chi connectivity index (χ2n) is 7.07. The van der Waals surface area contributed by atoms with Crippen LogP contribution in [0.2, 0.25) is 0 Å². The minimum atomic E-state index is -1.20. The molecule has 2 N–H and O–H groups in total. The number of ether oxygens (including phenoxy) is 1. The van der Waals surface area contributed by atoms with Crippen molar-refractivity contribution in [2.24, 2.45) is 0 Å². The zero-order chi connectivity index (χ0) is 17.0. The first-order valence-electron chi connectivity index (χ1n) is 9.06. The quantitative estimate of drug-likeness (QED) is 0.841. The topological polar surface area (TPSA) is 61.8 Å². The molecule has 0 atom stereocenters. The Hall–Kier alpha value is -1.59. The van der Waals surface area contributed by atoms with Gasteiger partial charge in [0.15, 0.2) is 0 Å². The number of hydrogen-bond donors (Lipinski definition) is 2. The lowest BCUT2D eigenvalue weighted by Gasteiger charge is -2.21. The van der Waals surface area contributed by atoms with Crippen LogP contribution in [0.1, 0.15) is 44.1 Å². The summed E-state index contributed by atoms with van der Waals surface area (Å²) < 4.78 is 5.87. The predicted octanol–water partition coefficient (Wildman–Crippen LogP) is 2.71. The van der Waals surface area contributed by atoms with E-state index in [4.69, 9.17) is 4.74 Å². The van der Waals surface area contributed by atoms with Crippen LogP contribution in [0.4, 0.5) is 5.69 Å². The molecule has 5 nitrogen and oxygen atoms in total. The number of benzene rings is 1. The highest BCUT2D eigenvalue weighted by Crippen LogP contribution is 2.31. The lowest BCUT2D eigenvalue weighted by atomic mass is 10.0. The lowest BCUT2D eigenvalue weighted by molar-refractivity contribution is -0.133. The minimum absolute atomic E-state index is 0.290. The van der Waals surface area contributed by atoms with Crippen molar-refractivity contribution < 1.29 is 14.6 Å². The fraction of sp³-hybridized carbons (Fsp3) is 0.632. The van der Waals surface area contributed by atoms with Gasteiger partial charge in [-0.05, 0) is 82.3 Å². The predicted molar refractivity (Wildman–Crippen MR) is 94.4 cm³/mol. The van der Waals surface area contributed by atoms with Crippen molar-refractivity contribution in [2.45, 2.75) is 51.0 Å². The zero-order valence-corrected chi connectivity index (χ0v) is 14.5. The van der Waals surface area contributed by atoms with E-state index in [0.717, 1.165) is 30.7 Å². The third-order valence-electron chi connectivity index (χ3n) is 5.15. The molecule has 1 aliphatic heterocycles. The number of likely N-dealkylation sites (tertiary alicyclic amines) is 1. The zero-order valence-electron chi connectivity index (χ0n) is 14.5. The summed E-state index contributed by atoms with van der Waals surface area (Å²) in [7, 11) is 0. The van der Waals surface area contributed by atoms with Gasteiger partial charge in [0.05, 0.1) is 0 Å². The summed E-state index contributed by atoms with van der Waals surface area (Å²) in [4.78, 5) is 14.7. The summed E-state index contributed by atoms with van der Waals surface area (Å²) in [5, 5.41) is 13.2. The van der Waals surface area contributed by atoms with Crippen molar-refractivity contribution in [3.05, 3.63) is 23.8 Å². The van der Waals surface area contributed by atoms with Gasteiger partial charge < -0.3 is 15.2 Å². The molecule has 1 saturated heterocycles. The molecule has 3 rings (SSSR count). The number of rotatable bonds is 6. The molecule has 2 fully saturated rings. The Kier molecular flexibility index (Phi) is 5.41. The largest absolute Gasteiger partial charge is 0.492 e. The van der Waals surface area contributed by atoms with Crippen LogP contribution in [0, 0.1) is 6.92 Å². The van der Waals surface area contributed by atoms with E-state index in [-0.39, 0.29) is 5.91 Å². The highest BCUT2D eigenvalue weighted by molar-refractivity contribution is 5.97. The van der Waals surface area contributed by atoms with E-state index in [1.165, 1.54) is 25.9 Å². The van der Waals surface area contributed by atoms with Crippen LogP contribution < -0.4 is 10.1 Å². The van der Waals surface area contributed by atoms with Crippen LogP contribution >= 0.6 is 0 Å². The van der Waals surface area contributed by atoms with Gasteiger partial charge >= 0.3 is 0 Å². The number of hydrogen-bond acceptors (Lipinski definition) is 4. The molecule has 0 aromatic heterocycles. The molecule has 1 aliphatic carbocycles. The Labute approximate surface area is 144 Å². The lowest BCUT2D eigenvalue weighted by Crippen LogP contribution is -2.40. The molecular weight excluding hydrogens is 304 g/mol. The second kappa shape index (κ2) is 7.53. The maximum absolute atomic E-state index is 12.3. The Morgan fingerprint density at radius 1 is 1.25 bits per heavy atom. The molecule has 24 heavy (non-hydrogen) atoms. The van der Waals surface area contributed by atoms with Crippen molar-refractivity contribution in [1.29, 1.82) is 0 Å². The van der Waals surface area contributed by atoms with Crippen molar-refractivity contribution in [1.82, 2.24) is 4.90 Å². The molecule has 1 saturated carbocycles. The van der Waals surface area contributed by atoms with Crippen LogP contribution in [0.5, 0.6) is 5.75 Å². The van der Waals surface area contributed by atoms with Crippen molar-refractivity contribution in [2.75, 3.05) is 31.6 Å². The van der Waals surface area contributed by atoms with Gasteiger partial charge in [-0.15, -0.1) is 0 Å². The van der Waals surface area contributed by atoms with Crippen LogP contribution in [-0.2, 0) is 4.79 Å². The van der Waals surface area contributed by atoms with E-state index in [0.29, 0.717) is 25.1 Å². The molecule has 0 spiro atoms. The number of carbonyl (C=O) groups excluding carboxylic acids is 1. The van der Waals surface area contributed by atoms with E-state index in [1.54, 1.807) is 0 Å². The van der Waals surface area contributed by atoms with E-state index in [2.05, 4.69) is 10.2 Å². The molecule has 1 heterocycles. The first-order chi connectivity index (χ1) is 11.6. The Bertz CT molecular complexity index is 576. The summed E-state index contributed by atoms with van der Waals surface area (Å²) in [6, 6.07) is 5.64. The van der Waals surface area contributed by atoms with Crippen LogP contribution in [0.3, 0.4) is 0 Å². The summed E-state index contributed by atoms with van der Waals surface area (Å²) in [6.45, 7) is 5.98. The van der Waals surface area contributed by atoms with Gasteiger partial charge in [-0.3, -0.25) is 9.69 Å². The average Bonchev–Trinajstić information content (AvgIpc) is 3.22. The number of aryl methyl sites for hydroxylation is 1. The third kappa shape index (κ3) is 4.08. The third-order valence-corrected chi connectivity index (χ3v) is 5.15. The number of amides is 1. The van der Waals surface area contributed by atoms with Gasteiger partial charge in [0, 0.05) is 12.2 Å². The van der Waals surface area contributed by atoms with Gasteiger partial charge in [-0.1, -0.05) is 0 Å². The molecule has 1 aromatic rings. The first-order valence-corrected chi connectivity index (χ1v) is 9.06. The highest BCUT2D eigenvalue weighted by Gasteiger charge is 2.38. The molecule has 0 bridgehead atoms. The molecule has 1 aromatic carbocycles. The van der Waals surface area contributed by atoms with Gasteiger partial charge in [-0.2, -0.15) is 0 Å². The summed E-state index contributed by atoms with van der Waals surface area (Å²) in [5.74, 6) is 0.564. The maximum atomic E-state index is 12.3. The molecule has 5 heteroatoms. The van der Waals surface area contributed by atoms with E-state index in [9.17, 15) is 9.90 Å². The minimum Gasteiger partial charge on any atom is -0.492 e. The van der Waals surface area contributed by atoms with Crippen molar-refractivity contribution >= 4 is 11.6 Å². The molecule has 2 aliphatic rings. The SMILES string of the molecule is Cc1cc(NC(=O)C2(O)CCCC2)ccc1OCCN1CCCC1. The van der Waals surface area contributed by atoms with Crippen molar-refractivity contribution in [3.8, 4) is 5.75 Å². The molecule has 0 unspecified atom stereocenters. The van der Waals surface area contributed by atoms with E-state index in [1.807, 2.05) is 25.1 Å². The molecular formula is C19H28N2O3. The molecule has 0 radical (unpaired) electrons. The van der Waals surface area contributed by atoms with Gasteiger partial charge in [0.25, 0.3) is 5.91 Å². The molecule has 132 valence electrons. The standard InChI is InChI=1S/C19H28N2O3/c1-15-14-16(20-18(22)19(23)8-2-3-9-19)6-7-17(15)24-13-12-21-10-4-5-11-21/h6-7,14,23H,2-5,8-13H2,1H3,(H,20,22). The molecule has 1 amide bonds. The first kappa shape index (κ1) is 17.2. The monoisotopic (exact) mass is 332 g/mol. The normalized spacial score (nSPS) is 20.2. The summed E-state index contributed by atoms with van der Waals surface area (Å²) in [6.07, 6.45) is 5.50. The van der Waals surface area contributed by atoms with E-state index < -0.39 is 5.60 Å². The number of anilines is 1. The number of carbonyl (C=O) groups is 1. The van der Waals surface area contributed by atoms with Crippen molar-refractivity contribution in [3.63, 3.8) is 0 Å². The van der Waals surface area contributed by atoms with Gasteiger partial charge in [-0.25, -0.2) is 0 Å². The smallest absolute Gasteiger partial charge is 0.256 e. The van der Waals surface area contributed by atoms with Gasteiger partial charge in [0.1, 0.15) is 18.0 Å². The number of aliphatic hydroxyl groups is 1. The summed E-state index contributed by atoms with van der Waals surface area (Å²) >= 11 is 0. The highest BCUT2D eigenvalue weighted by atomic mass is 16.5. The van der Waals surface area contributed by atoms with Crippen LogP contribution in [0.25, 0.3) is 0 Å². The van der Waals surface area contributed by atoms with Crippen LogP contribution in [-0.4, -0.2) is 47.8 Å². The second-order valence-corrected chi connectivity index (χ2v) is 7.07. The number of nitrogens with one attached hydrogen (secondary N) is 1. The average molecular weight is 332 g/mol. The summed E-state index contributed by atoms with van der Waals surface area (Å²) in [5.41, 5.74) is 0.510. The Balaban J connectivity index is 1.53. The maximum Gasteiger partial charge on any atom is 0.256 e. The van der Waals surface area contributed by atoms with Gasteiger partial charge in [0.2, 0.25) is 0 Å². The fourth-order valence-corrected chi connectivity index (χ4v) is 3.61. The fourth-order valence-electron chi connectivity index (χ4n) is 3.61. The Morgan fingerprint density at radius 2 is 1.96 bits per heavy atom. The number of nitrogens with zero attached hydrogens (tertiary/aromatic N) is 1. The van der Waals surface area contributed by atoms with E-state index >= 15 is 0 Å². The van der Waals surface area contributed by atoms with Crippen LogP contribution in [0.15, 0.2) is 18.2 Å².